The Morgan fingerprint density at radius 2 is 1.67 bits per heavy atom. The van der Waals surface area contributed by atoms with Crippen molar-refractivity contribution in [2.45, 2.75) is 56.7 Å². The lowest BCUT2D eigenvalue weighted by molar-refractivity contribution is -0.178. The van der Waals surface area contributed by atoms with Gasteiger partial charge in [-0.1, -0.05) is 12.1 Å². The van der Waals surface area contributed by atoms with Crippen LogP contribution in [-0.2, 0) is 10.4 Å². The number of hydrogen-bond donors (Lipinski definition) is 4. The Morgan fingerprint density at radius 1 is 1.09 bits per heavy atom. The molecule has 1 heterocycles. The lowest BCUT2D eigenvalue weighted by Crippen LogP contribution is -2.41. The fraction of sp³-hybridized carbons (Fsp3) is 0.375. The first-order valence-corrected chi connectivity index (χ1v) is 15.4. The van der Waals surface area contributed by atoms with E-state index in [0.29, 0.717) is 11.3 Å². The highest BCUT2D eigenvalue weighted by atomic mass is 32.2. The number of carbonyl (C=O) groups is 1. The summed E-state index contributed by atoms with van der Waals surface area (Å²) in [4.78, 5) is 15.4. The van der Waals surface area contributed by atoms with Crippen molar-refractivity contribution in [3.05, 3.63) is 94.9 Å². The fourth-order valence-electron chi connectivity index (χ4n) is 4.63. The van der Waals surface area contributed by atoms with E-state index in [1.165, 1.54) is 39.2 Å². The Balaban J connectivity index is 1.91. The van der Waals surface area contributed by atoms with Gasteiger partial charge in [0.1, 0.15) is 23.4 Å². The largest absolute Gasteiger partial charge is 0.484 e. The second kappa shape index (κ2) is 14.7. The number of aliphatic carboxylic acids is 1. The summed E-state index contributed by atoms with van der Waals surface area (Å²) in [6.07, 6.45) is -3.06. The van der Waals surface area contributed by atoms with Crippen LogP contribution in [-0.4, -0.2) is 51.3 Å². The molecule has 0 saturated heterocycles. The molecule has 250 valence electrons. The first-order valence-electron chi connectivity index (χ1n) is 14.1. The zero-order valence-electron chi connectivity index (χ0n) is 25.8. The van der Waals surface area contributed by atoms with E-state index >= 15 is 4.39 Å². The molecule has 0 aliphatic rings. The number of thioether (sulfide) groups is 1. The van der Waals surface area contributed by atoms with Crippen molar-refractivity contribution < 1.29 is 41.7 Å². The molecular formula is C32H37F5N4O4S. The molecule has 0 bridgehead atoms. The molecule has 3 aromatic rings. The van der Waals surface area contributed by atoms with E-state index in [4.69, 9.17) is 16.3 Å². The fourth-order valence-corrected chi connectivity index (χ4v) is 5.56. The first kappa shape index (κ1) is 36.6. The first-order chi connectivity index (χ1) is 21.3. The molecule has 6 N–H and O–H groups in total. The number of aliphatic hydroxyl groups is 1. The number of ether oxygens (including phenoxy) is 1. The molecule has 1 aromatic heterocycles. The molecule has 0 radical (unpaired) electrons. The zero-order valence-corrected chi connectivity index (χ0v) is 26.7. The maximum Gasteiger partial charge on any atom is 0.395 e. The molecule has 0 aliphatic heterocycles. The third kappa shape index (κ3) is 9.10. The van der Waals surface area contributed by atoms with Crippen molar-refractivity contribution in [1.82, 2.24) is 9.99 Å². The van der Waals surface area contributed by atoms with Crippen LogP contribution < -0.4 is 16.3 Å². The minimum Gasteiger partial charge on any atom is -0.484 e. The molecule has 0 spiro atoms. The van der Waals surface area contributed by atoms with Crippen molar-refractivity contribution in [2.24, 2.45) is 17.5 Å². The number of pyridine rings is 1. The Bertz CT molecular complexity index is 1530. The van der Waals surface area contributed by atoms with Crippen molar-refractivity contribution in [3.8, 4) is 17.0 Å². The minimum atomic E-state index is -4.80. The van der Waals surface area contributed by atoms with E-state index in [2.05, 4.69) is 4.98 Å². The average molecular weight is 669 g/mol. The van der Waals surface area contributed by atoms with Crippen molar-refractivity contribution in [2.75, 3.05) is 12.8 Å². The van der Waals surface area contributed by atoms with Crippen molar-refractivity contribution in [1.29, 1.82) is 0 Å². The molecule has 46 heavy (non-hydrogen) atoms. The highest BCUT2D eigenvalue weighted by Crippen LogP contribution is 2.45. The number of benzene rings is 2. The number of carboxylic acids is 1. The highest BCUT2D eigenvalue weighted by Gasteiger charge is 2.47. The standard InChI is InChI=1S/C32H37F5N4O4S/c1-17(30(42)43)19-8-12-22(13-9-19)45-18(2)25(38)16-41(39)15-24(32(35,36)37)29(46-5)26-14-23(31(3,4)44)27(34)28(40-26)20-6-10-21(33)11-7-20/h6-14,16-18,24,29,44H,15,38-39H2,1-5H3,(H,42,43)/b25-16-. The van der Waals surface area contributed by atoms with Gasteiger partial charge in [0, 0.05) is 23.9 Å². The molecule has 0 saturated carbocycles. The Hall–Kier alpha value is -3.88. The highest BCUT2D eigenvalue weighted by molar-refractivity contribution is 7.98. The number of halogens is 5. The number of nitrogens with two attached hydrogens (primary N) is 2. The van der Waals surface area contributed by atoms with E-state index in [0.717, 1.165) is 41.2 Å². The summed E-state index contributed by atoms with van der Waals surface area (Å²) >= 11 is 0.821. The number of nitrogens with zero attached hydrogens (tertiary/aromatic N) is 2. The molecule has 4 unspecified atom stereocenters. The Kier molecular flexibility index (Phi) is 11.7. The number of rotatable bonds is 13. The van der Waals surface area contributed by atoms with Crippen LogP contribution in [0.5, 0.6) is 5.75 Å². The van der Waals surface area contributed by atoms with Gasteiger partial charge in [-0.15, -0.1) is 0 Å². The quantitative estimate of drug-likeness (QED) is 0.0919. The molecule has 8 nitrogen and oxygen atoms in total. The lowest BCUT2D eigenvalue weighted by Gasteiger charge is -2.32. The van der Waals surface area contributed by atoms with Crippen LogP contribution in [0, 0.1) is 17.6 Å². The van der Waals surface area contributed by atoms with Gasteiger partial charge < -0.3 is 25.7 Å². The predicted octanol–water partition coefficient (Wildman–Crippen LogP) is 6.47. The van der Waals surface area contributed by atoms with Crippen LogP contribution >= 0.6 is 11.8 Å². The summed E-state index contributed by atoms with van der Waals surface area (Å²) in [6, 6.07) is 12.0. The summed E-state index contributed by atoms with van der Waals surface area (Å²) in [5, 5.41) is 19.2. The Labute approximate surface area is 268 Å². The second-order valence-electron chi connectivity index (χ2n) is 11.3. The number of aromatic nitrogens is 1. The normalized spacial score (nSPS) is 15.2. The van der Waals surface area contributed by atoms with E-state index < -0.39 is 59.1 Å². The van der Waals surface area contributed by atoms with Gasteiger partial charge in [-0.3, -0.25) is 4.79 Å². The van der Waals surface area contributed by atoms with Crippen LogP contribution in [0.3, 0.4) is 0 Å². The molecular weight excluding hydrogens is 631 g/mol. The summed E-state index contributed by atoms with van der Waals surface area (Å²) in [7, 11) is 0. The van der Waals surface area contributed by atoms with Gasteiger partial charge in [-0.25, -0.2) is 19.6 Å². The molecule has 0 fully saturated rings. The molecule has 0 aliphatic carbocycles. The summed E-state index contributed by atoms with van der Waals surface area (Å²) in [6.45, 7) is 4.92. The van der Waals surface area contributed by atoms with Gasteiger partial charge in [-0.05, 0) is 82.0 Å². The van der Waals surface area contributed by atoms with Crippen LogP contribution in [0.15, 0.2) is 66.5 Å². The van der Waals surface area contributed by atoms with Gasteiger partial charge in [0.25, 0.3) is 0 Å². The summed E-state index contributed by atoms with van der Waals surface area (Å²) in [5.74, 6) is 0.981. The molecule has 3 rings (SSSR count). The second-order valence-corrected chi connectivity index (χ2v) is 12.3. The maximum absolute atomic E-state index is 15.6. The van der Waals surface area contributed by atoms with E-state index in [9.17, 15) is 32.6 Å². The summed E-state index contributed by atoms with van der Waals surface area (Å²) < 4.78 is 78.7. The van der Waals surface area contributed by atoms with E-state index in [1.807, 2.05) is 0 Å². The molecule has 4 atom stereocenters. The van der Waals surface area contributed by atoms with Gasteiger partial charge in [0.2, 0.25) is 0 Å². The molecule has 14 heteroatoms. The third-order valence-corrected chi connectivity index (χ3v) is 8.42. The third-order valence-electron chi connectivity index (χ3n) is 7.34. The molecule has 2 aromatic carbocycles. The van der Waals surface area contributed by atoms with Gasteiger partial charge >= 0.3 is 12.1 Å². The smallest absolute Gasteiger partial charge is 0.395 e. The summed E-state index contributed by atoms with van der Waals surface area (Å²) in [5.41, 5.74) is 4.24. The average Bonchev–Trinajstić information content (AvgIpc) is 2.96. The van der Waals surface area contributed by atoms with Crippen molar-refractivity contribution >= 4 is 17.7 Å². The number of alkyl halides is 3. The topological polar surface area (TPSA) is 135 Å². The van der Waals surface area contributed by atoms with Gasteiger partial charge in [-0.2, -0.15) is 24.9 Å². The predicted molar refractivity (Wildman–Crippen MR) is 166 cm³/mol. The molecule has 0 amide bonds. The SMILES string of the molecule is CSC(c1cc(C(C)(C)O)c(F)c(-c2ccc(F)cc2)n1)C(CN(N)/C=C(\N)C(C)Oc1ccc(C(C)C(=O)O)cc1)C(F)(F)F. The van der Waals surface area contributed by atoms with Crippen LogP contribution in [0.4, 0.5) is 22.0 Å². The number of carboxylic acid groups (broad SMARTS) is 1. The van der Waals surface area contributed by atoms with E-state index in [1.54, 1.807) is 31.2 Å². The Morgan fingerprint density at radius 3 is 2.17 bits per heavy atom. The number of hydrogen-bond acceptors (Lipinski definition) is 8. The van der Waals surface area contributed by atoms with Crippen molar-refractivity contribution in [3.63, 3.8) is 0 Å². The van der Waals surface area contributed by atoms with Crippen LogP contribution in [0.1, 0.15) is 55.7 Å². The monoisotopic (exact) mass is 668 g/mol. The zero-order chi connectivity index (χ0) is 34.6. The van der Waals surface area contributed by atoms with E-state index in [-0.39, 0.29) is 28.2 Å². The number of hydrazine groups is 1. The lowest BCUT2D eigenvalue weighted by atomic mass is 9.92. The van der Waals surface area contributed by atoms with Crippen LogP contribution in [0.2, 0.25) is 0 Å². The minimum absolute atomic E-state index is 0.00919. The van der Waals surface area contributed by atoms with Gasteiger partial charge in [0.15, 0.2) is 5.82 Å². The van der Waals surface area contributed by atoms with Gasteiger partial charge in [0.05, 0.1) is 34.1 Å². The van der Waals surface area contributed by atoms with Crippen LogP contribution in [0.25, 0.3) is 11.3 Å². The maximum atomic E-state index is 15.6.